The average molecular weight is 366 g/mol. The fourth-order valence-corrected chi connectivity index (χ4v) is 7.32. The Bertz CT molecular complexity index is 728. The molecule has 0 saturated carbocycles. The molecule has 2 aromatic carbocycles. The predicted molar refractivity (Wildman–Crippen MR) is 115 cm³/mol. The molecule has 1 aliphatic heterocycles. The van der Waals surface area contributed by atoms with Gasteiger partial charge in [-0.3, -0.25) is 0 Å². The Hall–Kier alpha value is -1.59. The number of benzene rings is 2. The van der Waals surface area contributed by atoms with Crippen molar-refractivity contribution in [1.82, 2.24) is 0 Å². The maximum absolute atomic E-state index is 13.9. The Labute approximate surface area is 158 Å². The zero-order chi connectivity index (χ0) is 18.2. The summed E-state index contributed by atoms with van der Waals surface area (Å²) >= 11 is 0. The largest absolute Gasteiger partial charge is 0.314 e. The van der Waals surface area contributed by atoms with Crippen LogP contribution in [-0.4, -0.2) is 6.16 Å². The third-order valence-corrected chi connectivity index (χ3v) is 8.79. The van der Waals surface area contributed by atoms with E-state index in [0.29, 0.717) is 0 Å². The number of rotatable bonds is 11. The minimum atomic E-state index is -2.43. The molecule has 1 aliphatic rings. The minimum Gasteiger partial charge on any atom is -0.314 e. The number of fused-ring (bicyclic) bond motifs is 3. The molecule has 26 heavy (non-hydrogen) atoms. The summed E-state index contributed by atoms with van der Waals surface area (Å²) in [5, 5.41) is 2.17. The Morgan fingerprint density at radius 2 is 1.15 bits per heavy atom. The fraction of sp³-hybridized carbons (Fsp3) is 0.417. The molecule has 138 valence electrons. The van der Waals surface area contributed by atoms with Crippen LogP contribution in [0.15, 0.2) is 61.2 Å². The van der Waals surface area contributed by atoms with Gasteiger partial charge in [-0.2, -0.15) is 0 Å². The van der Waals surface area contributed by atoms with E-state index in [1.54, 1.807) is 0 Å². The lowest BCUT2D eigenvalue weighted by molar-refractivity contribution is 0.569. The van der Waals surface area contributed by atoms with Gasteiger partial charge in [0.05, 0.1) is 0 Å². The van der Waals surface area contributed by atoms with Crippen LogP contribution in [0.4, 0.5) is 0 Å². The third kappa shape index (κ3) is 4.21. The average Bonchev–Trinajstić information content (AvgIpc) is 2.93. The number of unbranched alkanes of at least 4 members (excludes halogenated alkanes) is 8. The van der Waals surface area contributed by atoms with Gasteiger partial charge in [-0.1, -0.05) is 93.1 Å². The molecule has 2 aromatic rings. The molecule has 0 fully saturated rings. The van der Waals surface area contributed by atoms with Crippen molar-refractivity contribution < 1.29 is 4.57 Å². The molecule has 1 heterocycles. The van der Waals surface area contributed by atoms with Crippen molar-refractivity contribution in [1.29, 1.82) is 0 Å². The van der Waals surface area contributed by atoms with Gasteiger partial charge in [-0.25, -0.2) is 0 Å². The van der Waals surface area contributed by atoms with E-state index < -0.39 is 7.14 Å². The van der Waals surface area contributed by atoms with Crippen molar-refractivity contribution in [3.63, 3.8) is 0 Å². The number of hydrogen-bond acceptors (Lipinski definition) is 1. The van der Waals surface area contributed by atoms with Crippen LogP contribution in [0.3, 0.4) is 0 Å². The maximum atomic E-state index is 13.9. The van der Waals surface area contributed by atoms with Crippen molar-refractivity contribution >= 4 is 17.8 Å². The van der Waals surface area contributed by atoms with Gasteiger partial charge in [0.1, 0.15) is 7.14 Å². The molecular weight excluding hydrogens is 335 g/mol. The van der Waals surface area contributed by atoms with Gasteiger partial charge in [0.15, 0.2) is 0 Å². The van der Waals surface area contributed by atoms with Gasteiger partial charge in [0, 0.05) is 16.8 Å². The van der Waals surface area contributed by atoms with E-state index in [1.165, 1.54) is 56.1 Å². The molecule has 0 saturated heterocycles. The Balaban J connectivity index is 1.49. The lowest BCUT2D eigenvalue weighted by Crippen LogP contribution is -2.12. The first kappa shape index (κ1) is 19.2. The quantitative estimate of drug-likeness (QED) is 0.246. The summed E-state index contributed by atoms with van der Waals surface area (Å²) in [6, 6.07) is 16.6. The predicted octanol–water partition coefficient (Wildman–Crippen LogP) is 6.68. The molecular formula is C24H31OP. The highest BCUT2D eigenvalue weighted by Crippen LogP contribution is 2.53. The standard InChI is InChI=1S/C24H31OP/c1-2-3-4-5-6-7-8-9-10-15-20-26(25)23-18-13-11-16-21(23)22-17-12-14-19-24(22)26/h2,11-14,16-19H,1,3-10,15,20H2. The lowest BCUT2D eigenvalue weighted by atomic mass is 10.1. The van der Waals surface area contributed by atoms with Gasteiger partial charge in [-0.15, -0.1) is 6.58 Å². The zero-order valence-corrected chi connectivity index (χ0v) is 16.7. The van der Waals surface area contributed by atoms with Gasteiger partial charge in [0.25, 0.3) is 0 Å². The van der Waals surface area contributed by atoms with E-state index in [-0.39, 0.29) is 0 Å². The molecule has 2 heteroatoms. The fourth-order valence-electron chi connectivity index (χ4n) is 4.09. The van der Waals surface area contributed by atoms with E-state index in [1.807, 2.05) is 18.2 Å². The summed E-state index contributed by atoms with van der Waals surface area (Å²) in [6.45, 7) is 3.77. The van der Waals surface area contributed by atoms with Gasteiger partial charge in [0.2, 0.25) is 0 Å². The second-order valence-electron chi connectivity index (χ2n) is 7.40. The van der Waals surface area contributed by atoms with E-state index in [0.717, 1.165) is 29.6 Å². The Kier molecular flexibility index (Phi) is 6.92. The highest BCUT2D eigenvalue weighted by atomic mass is 31.2. The Morgan fingerprint density at radius 1 is 0.692 bits per heavy atom. The molecule has 3 rings (SSSR count). The van der Waals surface area contributed by atoms with Crippen LogP contribution in [0, 0.1) is 0 Å². The van der Waals surface area contributed by atoms with Crippen LogP contribution in [0.25, 0.3) is 11.1 Å². The summed E-state index contributed by atoms with van der Waals surface area (Å²) < 4.78 is 13.9. The molecule has 0 aromatic heterocycles. The molecule has 0 N–H and O–H groups in total. The first-order chi connectivity index (χ1) is 12.8. The molecule has 0 aliphatic carbocycles. The summed E-state index contributed by atoms with van der Waals surface area (Å²) in [5.74, 6) is 0. The van der Waals surface area contributed by atoms with Crippen molar-refractivity contribution in [2.75, 3.05) is 6.16 Å². The number of hydrogen-bond donors (Lipinski definition) is 0. The molecule has 0 amide bonds. The normalized spacial score (nSPS) is 14.0. The second-order valence-corrected chi connectivity index (χ2v) is 10.3. The lowest BCUT2D eigenvalue weighted by Gasteiger charge is -2.15. The SMILES string of the molecule is C=CCCCCCCCCCCP1(=O)c2ccccc2-c2ccccc21. The van der Waals surface area contributed by atoms with Crippen molar-refractivity contribution in [2.45, 2.75) is 57.8 Å². The molecule has 0 unspecified atom stereocenters. The van der Waals surface area contributed by atoms with Gasteiger partial charge < -0.3 is 4.57 Å². The maximum Gasteiger partial charge on any atom is 0.144 e. The first-order valence-corrected chi connectivity index (χ1v) is 12.1. The van der Waals surface area contributed by atoms with E-state index in [2.05, 4.69) is 43.0 Å². The summed E-state index contributed by atoms with van der Waals surface area (Å²) in [5.41, 5.74) is 2.37. The molecule has 1 nitrogen and oxygen atoms in total. The summed E-state index contributed by atoms with van der Waals surface area (Å²) in [4.78, 5) is 0. The van der Waals surface area contributed by atoms with Crippen LogP contribution in [0.5, 0.6) is 0 Å². The van der Waals surface area contributed by atoms with Crippen LogP contribution in [-0.2, 0) is 4.57 Å². The van der Waals surface area contributed by atoms with Crippen LogP contribution < -0.4 is 10.6 Å². The van der Waals surface area contributed by atoms with E-state index in [9.17, 15) is 4.57 Å². The summed E-state index contributed by atoms with van der Waals surface area (Å²) in [7, 11) is -2.43. The molecule has 0 spiro atoms. The second kappa shape index (κ2) is 9.38. The highest BCUT2D eigenvalue weighted by Gasteiger charge is 2.37. The molecule has 0 radical (unpaired) electrons. The Morgan fingerprint density at radius 3 is 1.69 bits per heavy atom. The first-order valence-electron chi connectivity index (χ1n) is 10.2. The van der Waals surface area contributed by atoms with E-state index >= 15 is 0 Å². The van der Waals surface area contributed by atoms with Crippen LogP contribution >= 0.6 is 7.14 Å². The van der Waals surface area contributed by atoms with Crippen molar-refractivity contribution in [2.24, 2.45) is 0 Å². The van der Waals surface area contributed by atoms with Gasteiger partial charge in [-0.05, 0) is 30.4 Å². The molecule has 0 atom stereocenters. The minimum absolute atomic E-state index is 0.820. The monoisotopic (exact) mass is 366 g/mol. The van der Waals surface area contributed by atoms with Gasteiger partial charge >= 0.3 is 0 Å². The number of allylic oxidation sites excluding steroid dienone is 1. The highest BCUT2D eigenvalue weighted by molar-refractivity contribution is 7.80. The topological polar surface area (TPSA) is 17.1 Å². The van der Waals surface area contributed by atoms with E-state index in [4.69, 9.17) is 0 Å². The van der Waals surface area contributed by atoms with Crippen molar-refractivity contribution in [3.05, 3.63) is 61.2 Å². The third-order valence-electron chi connectivity index (χ3n) is 5.51. The van der Waals surface area contributed by atoms with Crippen LogP contribution in [0.2, 0.25) is 0 Å². The molecule has 0 bridgehead atoms. The van der Waals surface area contributed by atoms with Crippen LogP contribution in [0.1, 0.15) is 57.8 Å². The van der Waals surface area contributed by atoms with Crippen molar-refractivity contribution in [3.8, 4) is 11.1 Å². The smallest absolute Gasteiger partial charge is 0.144 e. The summed E-state index contributed by atoms with van der Waals surface area (Å²) in [6.07, 6.45) is 14.1. The zero-order valence-electron chi connectivity index (χ0n) is 15.8.